The maximum Gasteiger partial charge on any atom is 0.319 e. The van der Waals surface area contributed by atoms with Crippen LogP contribution in [0.5, 0.6) is 0 Å². The van der Waals surface area contributed by atoms with Crippen molar-refractivity contribution in [1.82, 2.24) is 39.1 Å². The van der Waals surface area contributed by atoms with Crippen LogP contribution in [0, 0.1) is 0 Å². The Balaban J connectivity index is 1.12. The number of aromatic nitrogens is 5. The summed E-state index contributed by atoms with van der Waals surface area (Å²) in [5.41, 5.74) is 14.4. The first-order valence-electron chi connectivity index (χ1n) is 14.6. The number of carbonyl (C=O) groups is 1. The molecule has 4 aromatic rings. The lowest BCUT2D eigenvalue weighted by atomic mass is 9.93. The molecule has 10 nitrogen and oxygen atoms in total. The molecule has 1 saturated heterocycles. The smallest absolute Gasteiger partial charge is 0.319 e. The molecule has 1 aliphatic heterocycles. The van der Waals surface area contributed by atoms with Gasteiger partial charge in [0.25, 0.3) is 0 Å². The third kappa shape index (κ3) is 5.83. The molecule has 0 bridgehead atoms. The summed E-state index contributed by atoms with van der Waals surface area (Å²) in [5, 5.41) is 9.49. The number of allylic oxidation sites excluding steroid dienone is 1. The zero-order valence-electron chi connectivity index (χ0n) is 24.0. The number of amides is 2. The van der Waals surface area contributed by atoms with Gasteiger partial charge in [-0.2, -0.15) is 10.2 Å². The average Bonchev–Trinajstić information content (AvgIpc) is 3.57. The Labute approximate surface area is 241 Å². The largest absolute Gasteiger partial charge is 0.382 e. The van der Waals surface area contributed by atoms with Crippen molar-refractivity contribution >= 4 is 29.0 Å². The van der Waals surface area contributed by atoms with Gasteiger partial charge in [-0.3, -0.25) is 9.58 Å². The fourth-order valence-electron chi connectivity index (χ4n) is 6.01. The van der Waals surface area contributed by atoms with E-state index in [1.807, 2.05) is 34.3 Å². The number of piperazine rings is 1. The van der Waals surface area contributed by atoms with Crippen LogP contribution in [0.2, 0.25) is 0 Å². The predicted molar refractivity (Wildman–Crippen MR) is 161 cm³/mol. The normalized spacial score (nSPS) is 15.7. The summed E-state index contributed by atoms with van der Waals surface area (Å²) in [7, 11) is 3.62. The molecule has 0 radical (unpaired) electrons. The maximum absolute atomic E-state index is 12.2. The Bertz CT molecular complexity index is 1540. The number of nitrogens with two attached hydrogens (primary N) is 1. The fourth-order valence-corrected chi connectivity index (χ4v) is 6.01. The van der Waals surface area contributed by atoms with Gasteiger partial charge in [0.15, 0.2) is 5.82 Å². The molecule has 41 heavy (non-hydrogen) atoms. The minimum atomic E-state index is 0.103. The van der Waals surface area contributed by atoms with Gasteiger partial charge in [0.05, 0.1) is 12.2 Å². The first kappa shape index (κ1) is 27.0. The summed E-state index contributed by atoms with van der Waals surface area (Å²) >= 11 is 0. The van der Waals surface area contributed by atoms with Crippen molar-refractivity contribution in [3.8, 4) is 0 Å². The standard InChI is InChI=1S/C31H39N9O/c1-36(2)31(41)38-16-14-37(15-17-38)13-7-6-10-26-19-27(29-30(32)33-22-34-40(26)29)24-11-12-25-21-39(35-28(25)18-24)20-23-8-4-3-5-9-23/h3-5,8-9,18-19,21-22H,6-7,10-17,20H2,1-2H3,(H2,32,33,34). The Morgan fingerprint density at radius 3 is 2.63 bits per heavy atom. The molecule has 10 heteroatoms. The van der Waals surface area contributed by atoms with E-state index < -0.39 is 0 Å². The molecule has 0 unspecified atom stereocenters. The molecule has 4 heterocycles. The Kier molecular flexibility index (Phi) is 7.74. The quantitative estimate of drug-likeness (QED) is 0.334. The lowest BCUT2D eigenvalue weighted by Gasteiger charge is -2.35. The number of urea groups is 1. The van der Waals surface area contributed by atoms with Crippen LogP contribution in [0.1, 0.15) is 47.3 Å². The number of hydrogen-bond donors (Lipinski definition) is 1. The zero-order chi connectivity index (χ0) is 28.3. The van der Waals surface area contributed by atoms with E-state index in [1.54, 1.807) is 11.2 Å². The number of unbranched alkanes of at least 4 members (excludes halogenated alkanes) is 1. The van der Waals surface area contributed by atoms with Crippen LogP contribution in [0.3, 0.4) is 0 Å². The van der Waals surface area contributed by atoms with E-state index in [1.165, 1.54) is 16.7 Å². The Morgan fingerprint density at radius 2 is 1.85 bits per heavy atom. The summed E-state index contributed by atoms with van der Waals surface area (Å²) in [6.45, 7) is 5.25. The molecule has 6 rings (SSSR count). The van der Waals surface area contributed by atoms with Crippen molar-refractivity contribution < 1.29 is 4.79 Å². The summed E-state index contributed by atoms with van der Waals surface area (Å²) in [5.74, 6) is 0.507. The number of hydrogen-bond acceptors (Lipinski definition) is 6. The number of nitrogens with zero attached hydrogens (tertiary/aromatic N) is 8. The van der Waals surface area contributed by atoms with Crippen LogP contribution in [0.4, 0.5) is 10.6 Å². The molecular formula is C31H39N9O. The fraction of sp³-hybridized carbons (Fsp3) is 0.419. The molecule has 2 amide bonds. The summed E-state index contributed by atoms with van der Waals surface area (Å²) in [6, 6.07) is 12.8. The minimum Gasteiger partial charge on any atom is -0.382 e. The monoisotopic (exact) mass is 553 g/mol. The highest BCUT2D eigenvalue weighted by atomic mass is 16.2. The summed E-state index contributed by atoms with van der Waals surface area (Å²) < 4.78 is 4.02. The second-order valence-corrected chi connectivity index (χ2v) is 11.3. The van der Waals surface area contributed by atoms with Crippen LogP contribution in [0.15, 0.2) is 48.9 Å². The molecule has 1 fully saturated rings. The molecule has 1 aliphatic carbocycles. The van der Waals surface area contributed by atoms with Gasteiger partial charge in [-0.25, -0.2) is 14.3 Å². The molecule has 2 N–H and O–H groups in total. The molecule has 0 saturated carbocycles. The van der Waals surface area contributed by atoms with Gasteiger partial charge in [0.2, 0.25) is 0 Å². The van der Waals surface area contributed by atoms with Crippen molar-refractivity contribution in [2.45, 2.75) is 38.6 Å². The van der Waals surface area contributed by atoms with Gasteiger partial charge in [-0.15, -0.1) is 0 Å². The predicted octanol–water partition coefficient (Wildman–Crippen LogP) is 3.67. The first-order valence-corrected chi connectivity index (χ1v) is 14.6. The third-order valence-electron chi connectivity index (χ3n) is 8.22. The highest BCUT2D eigenvalue weighted by molar-refractivity contribution is 5.93. The SMILES string of the molecule is CN(C)C(=O)N1CCN(CCCCc2cc(C3=Cc4nn(Cc5ccccc5)cc4CC3)c3c(N)ncnn23)CC1. The van der Waals surface area contributed by atoms with E-state index in [9.17, 15) is 4.79 Å². The van der Waals surface area contributed by atoms with E-state index in [4.69, 9.17) is 10.8 Å². The average molecular weight is 554 g/mol. The Hall–Kier alpha value is -4.18. The second-order valence-electron chi connectivity index (χ2n) is 11.3. The molecule has 2 aliphatic rings. The van der Waals surface area contributed by atoms with Gasteiger partial charge in [0.1, 0.15) is 11.8 Å². The highest BCUT2D eigenvalue weighted by Gasteiger charge is 2.23. The molecule has 214 valence electrons. The van der Waals surface area contributed by atoms with E-state index in [2.05, 4.69) is 57.6 Å². The number of nitrogen functional groups attached to an aromatic ring is 1. The number of rotatable bonds is 8. The van der Waals surface area contributed by atoms with Gasteiger partial charge < -0.3 is 15.5 Å². The summed E-state index contributed by atoms with van der Waals surface area (Å²) in [4.78, 5) is 22.6. The zero-order valence-corrected chi connectivity index (χ0v) is 24.0. The van der Waals surface area contributed by atoms with E-state index in [0.29, 0.717) is 5.82 Å². The molecular weight excluding hydrogens is 514 g/mol. The number of benzene rings is 1. The van der Waals surface area contributed by atoms with Gasteiger partial charge in [-0.1, -0.05) is 30.3 Å². The molecule has 1 aromatic carbocycles. The van der Waals surface area contributed by atoms with Gasteiger partial charge >= 0.3 is 6.03 Å². The van der Waals surface area contributed by atoms with Crippen LogP contribution in [-0.4, -0.2) is 91.9 Å². The van der Waals surface area contributed by atoms with Crippen molar-refractivity contribution in [2.75, 3.05) is 52.6 Å². The van der Waals surface area contributed by atoms with E-state index >= 15 is 0 Å². The Morgan fingerprint density at radius 1 is 1.05 bits per heavy atom. The van der Waals surface area contributed by atoms with Gasteiger partial charge in [-0.05, 0) is 67.5 Å². The van der Waals surface area contributed by atoms with Crippen LogP contribution in [-0.2, 0) is 19.4 Å². The third-order valence-corrected chi connectivity index (χ3v) is 8.22. The minimum absolute atomic E-state index is 0.103. The van der Waals surface area contributed by atoms with Crippen LogP contribution < -0.4 is 5.73 Å². The topological polar surface area (TPSA) is 101 Å². The van der Waals surface area contributed by atoms with Crippen molar-refractivity contribution in [2.24, 2.45) is 0 Å². The lowest BCUT2D eigenvalue weighted by molar-refractivity contribution is 0.122. The number of carbonyl (C=O) groups excluding carboxylic acids is 1. The first-order chi connectivity index (χ1) is 20.0. The highest BCUT2D eigenvalue weighted by Crippen LogP contribution is 2.35. The number of aryl methyl sites for hydroxylation is 2. The van der Waals surface area contributed by atoms with E-state index in [-0.39, 0.29) is 6.03 Å². The van der Waals surface area contributed by atoms with Crippen LogP contribution in [0.25, 0.3) is 17.2 Å². The molecule has 3 aromatic heterocycles. The second kappa shape index (κ2) is 11.7. The van der Waals surface area contributed by atoms with Crippen molar-refractivity contribution in [1.29, 1.82) is 0 Å². The van der Waals surface area contributed by atoms with Crippen molar-refractivity contribution in [3.63, 3.8) is 0 Å². The number of fused-ring (bicyclic) bond motifs is 2. The summed E-state index contributed by atoms with van der Waals surface area (Å²) in [6.07, 6.45) is 10.9. The van der Waals surface area contributed by atoms with Gasteiger partial charge in [0, 0.05) is 57.7 Å². The molecule has 0 atom stereocenters. The van der Waals surface area contributed by atoms with Crippen molar-refractivity contribution in [3.05, 3.63) is 77.0 Å². The maximum atomic E-state index is 12.2. The lowest BCUT2D eigenvalue weighted by Crippen LogP contribution is -2.51. The molecule has 0 spiro atoms. The number of anilines is 1. The van der Waals surface area contributed by atoms with Crippen LogP contribution >= 0.6 is 0 Å². The van der Waals surface area contributed by atoms with E-state index in [0.717, 1.165) is 93.8 Å².